The maximum Gasteiger partial charge on any atom is 0.253 e. The van der Waals surface area contributed by atoms with Gasteiger partial charge in [-0.3, -0.25) is 9.59 Å². The Balaban J connectivity index is 1.57. The molecule has 0 radical (unpaired) electrons. The molecule has 2 amide bonds. The molecule has 0 saturated carbocycles. The molecule has 0 bridgehead atoms. The molecule has 2 aromatic rings. The predicted octanol–water partition coefficient (Wildman–Crippen LogP) is 3.39. The van der Waals surface area contributed by atoms with Crippen LogP contribution >= 0.6 is 11.6 Å². The third kappa shape index (κ3) is 4.75. The molecule has 1 aliphatic rings. The first kappa shape index (κ1) is 20.0. The Morgan fingerprint density at radius 2 is 1.54 bits per heavy atom. The first-order valence-corrected chi connectivity index (χ1v) is 9.46. The van der Waals surface area contributed by atoms with Gasteiger partial charge in [-0.15, -0.1) is 0 Å². The molecule has 148 valence electrons. The number of amides is 2. The minimum Gasteiger partial charge on any atom is -0.497 e. The van der Waals surface area contributed by atoms with E-state index in [0.29, 0.717) is 53.6 Å². The van der Waals surface area contributed by atoms with Gasteiger partial charge in [-0.05, 0) is 49.2 Å². The van der Waals surface area contributed by atoms with Crippen LogP contribution in [0.2, 0.25) is 5.02 Å². The number of likely N-dealkylation sites (tertiary alicyclic amines) is 1. The summed E-state index contributed by atoms with van der Waals surface area (Å²) in [5.74, 6) is 0.930. The third-order valence-corrected chi connectivity index (χ3v) is 5.07. The topological polar surface area (TPSA) is 67.9 Å². The molecular weight excluding hydrogens is 380 g/mol. The summed E-state index contributed by atoms with van der Waals surface area (Å²) in [6.07, 6.45) is 1.40. The zero-order chi connectivity index (χ0) is 20.1. The number of halogens is 1. The molecule has 1 saturated heterocycles. The molecule has 0 aliphatic carbocycles. The maximum absolute atomic E-state index is 12.6. The van der Waals surface area contributed by atoms with Crippen LogP contribution in [0.4, 0.5) is 0 Å². The number of nitrogens with one attached hydrogen (secondary N) is 1. The maximum atomic E-state index is 12.6. The van der Waals surface area contributed by atoms with Gasteiger partial charge in [0.25, 0.3) is 11.8 Å². The van der Waals surface area contributed by atoms with Crippen LogP contribution in [0, 0.1) is 0 Å². The van der Waals surface area contributed by atoms with Crippen LogP contribution in [0.15, 0.2) is 42.5 Å². The van der Waals surface area contributed by atoms with Gasteiger partial charge in [0.2, 0.25) is 0 Å². The second kappa shape index (κ2) is 8.97. The number of methoxy groups -OCH3 is 2. The Morgan fingerprint density at radius 1 is 0.964 bits per heavy atom. The first-order valence-electron chi connectivity index (χ1n) is 9.09. The number of rotatable bonds is 5. The summed E-state index contributed by atoms with van der Waals surface area (Å²) in [4.78, 5) is 27.0. The van der Waals surface area contributed by atoms with E-state index in [4.69, 9.17) is 21.1 Å². The highest BCUT2D eigenvalue weighted by Gasteiger charge is 2.25. The molecule has 1 N–H and O–H groups in total. The van der Waals surface area contributed by atoms with E-state index >= 15 is 0 Å². The number of hydrogen-bond donors (Lipinski definition) is 1. The molecule has 28 heavy (non-hydrogen) atoms. The summed E-state index contributed by atoms with van der Waals surface area (Å²) in [6, 6.07) is 12.0. The summed E-state index contributed by atoms with van der Waals surface area (Å²) in [5, 5.41) is 3.64. The number of nitrogens with zero attached hydrogens (tertiary/aromatic N) is 1. The van der Waals surface area contributed by atoms with Gasteiger partial charge in [0.1, 0.15) is 11.5 Å². The van der Waals surface area contributed by atoms with Crippen LogP contribution < -0.4 is 14.8 Å². The first-order chi connectivity index (χ1) is 13.5. The van der Waals surface area contributed by atoms with Gasteiger partial charge in [-0.2, -0.15) is 0 Å². The molecule has 3 rings (SSSR count). The highest BCUT2D eigenvalue weighted by Crippen LogP contribution is 2.23. The normalized spacial score (nSPS) is 14.5. The van der Waals surface area contributed by atoms with Crippen molar-refractivity contribution in [2.45, 2.75) is 18.9 Å². The lowest BCUT2D eigenvalue weighted by molar-refractivity contribution is 0.0698. The number of hydrogen-bond acceptors (Lipinski definition) is 4. The van der Waals surface area contributed by atoms with E-state index in [1.54, 1.807) is 61.6 Å². The summed E-state index contributed by atoms with van der Waals surface area (Å²) >= 11 is 5.88. The van der Waals surface area contributed by atoms with Crippen molar-refractivity contribution < 1.29 is 19.1 Å². The van der Waals surface area contributed by atoms with Gasteiger partial charge in [-0.25, -0.2) is 0 Å². The Hall–Kier alpha value is -2.73. The van der Waals surface area contributed by atoms with Crippen molar-refractivity contribution in [3.63, 3.8) is 0 Å². The van der Waals surface area contributed by atoms with Gasteiger partial charge >= 0.3 is 0 Å². The van der Waals surface area contributed by atoms with Crippen molar-refractivity contribution >= 4 is 23.4 Å². The average molecular weight is 403 g/mol. The number of piperidine rings is 1. The Morgan fingerprint density at radius 3 is 2.07 bits per heavy atom. The number of ether oxygens (including phenoxy) is 2. The SMILES string of the molecule is COc1cc(OC)cc(C(=O)NC2CCN(C(=O)c3ccc(Cl)cc3)CC2)c1. The standard InChI is InChI=1S/C21H23ClN2O4/c1-27-18-11-15(12-19(13-18)28-2)20(25)23-17-7-9-24(10-8-17)21(26)14-3-5-16(22)6-4-14/h3-6,11-13,17H,7-10H2,1-2H3,(H,23,25). The molecule has 1 heterocycles. The van der Waals surface area contributed by atoms with Crippen LogP contribution in [0.5, 0.6) is 11.5 Å². The van der Waals surface area contributed by atoms with Crippen molar-refractivity contribution in [3.8, 4) is 11.5 Å². The third-order valence-electron chi connectivity index (χ3n) is 4.82. The fourth-order valence-corrected chi connectivity index (χ4v) is 3.34. The quantitative estimate of drug-likeness (QED) is 0.832. The Kier molecular flexibility index (Phi) is 6.41. The Bertz CT molecular complexity index is 824. The van der Waals surface area contributed by atoms with E-state index in [2.05, 4.69) is 5.32 Å². The molecule has 2 aromatic carbocycles. The van der Waals surface area contributed by atoms with E-state index in [9.17, 15) is 9.59 Å². The van der Waals surface area contributed by atoms with Gasteiger partial charge in [0, 0.05) is 41.3 Å². The Labute approximate surface area is 169 Å². The van der Waals surface area contributed by atoms with Gasteiger partial charge in [-0.1, -0.05) is 11.6 Å². The average Bonchev–Trinajstić information content (AvgIpc) is 2.73. The van der Waals surface area contributed by atoms with E-state index in [-0.39, 0.29) is 17.9 Å². The fraction of sp³-hybridized carbons (Fsp3) is 0.333. The van der Waals surface area contributed by atoms with Crippen molar-refractivity contribution in [2.24, 2.45) is 0 Å². The molecule has 1 fully saturated rings. The minimum atomic E-state index is -0.181. The lowest BCUT2D eigenvalue weighted by atomic mass is 10.0. The number of carbonyl (C=O) groups is 2. The molecular formula is C21H23ClN2O4. The van der Waals surface area contributed by atoms with Crippen molar-refractivity contribution in [1.29, 1.82) is 0 Å². The molecule has 0 spiro atoms. The van der Waals surface area contributed by atoms with Crippen LogP contribution in [0.25, 0.3) is 0 Å². The highest BCUT2D eigenvalue weighted by molar-refractivity contribution is 6.30. The van der Waals surface area contributed by atoms with E-state index in [1.165, 1.54) is 0 Å². The molecule has 6 nitrogen and oxygen atoms in total. The lowest BCUT2D eigenvalue weighted by Crippen LogP contribution is -2.46. The van der Waals surface area contributed by atoms with Crippen molar-refractivity contribution in [2.75, 3.05) is 27.3 Å². The molecule has 0 atom stereocenters. The summed E-state index contributed by atoms with van der Waals surface area (Å²) in [7, 11) is 3.09. The second-order valence-electron chi connectivity index (χ2n) is 6.65. The lowest BCUT2D eigenvalue weighted by Gasteiger charge is -2.32. The van der Waals surface area contributed by atoms with Crippen molar-refractivity contribution in [1.82, 2.24) is 10.2 Å². The van der Waals surface area contributed by atoms with Crippen LogP contribution in [-0.4, -0.2) is 50.1 Å². The van der Waals surface area contributed by atoms with E-state index < -0.39 is 0 Å². The highest BCUT2D eigenvalue weighted by atomic mass is 35.5. The van der Waals surface area contributed by atoms with E-state index in [1.807, 2.05) is 0 Å². The molecule has 7 heteroatoms. The zero-order valence-electron chi connectivity index (χ0n) is 15.9. The van der Waals surface area contributed by atoms with Gasteiger partial charge in [0.05, 0.1) is 14.2 Å². The summed E-state index contributed by atoms with van der Waals surface area (Å²) < 4.78 is 10.4. The second-order valence-corrected chi connectivity index (χ2v) is 7.08. The molecule has 0 unspecified atom stereocenters. The monoisotopic (exact) mass is 402 g/mol. The van der Waals surface area contributed by atoms with Crippen LogP contribution in [-0.2, 0) is 0 Å². The smallest absolute Gasteiger partial charge is 0.253 e. The van der Waals surface area contributed by atoms with Gasteiger partial charge in [0.15, 0.2) is 0 Å². The largest absolute Gasteiger partial charge is 0.497 e. The van der Waals surface area contributed by atoms with Gasteiger partial charge < -0.3 is 19.7 Å². The molecule has 0 aromatic heterocycles. The summed E-state index contributed by atoms with van der Waals surface area (Å²) in [6.45, 7) is 1.18. The number of benzene rings is 2. The zero-order valence-corrected chi connectivity index (χ0v) is 16.7. The predicted molar refractivity (Wildman–Crippen MR) is 107 cm³/mol. The molecule has 1 aliphatic heterocycles. The summed E-state index contributed by atoms with van der Waals surface area (Å²) in [5.41, 5.74) is 1.10. The fourth-order valence-electron chi connectivity index (χ4n) is 3.21. The minimum absolute atomic E-state index is 0.0129. The van der Waals surface area contributed by atoms with Crippen LogP contribution in [0.3, 0.4) is 0 Å². The van der Waals surface area contributed by atoms with Crippen molar-refractivity contribution in [3.05, 3.63) is 58.6 Å². The van der Waals surface area contributed by atoms with E-state index in [0.717, 1.165) is 0 Å². The number of carbonyl (C=O) groups excluding carboxylic acids is 2. The van der Waals surface area contributed by atoms with Crippen LogP contribution in [0.1, 0.15) is 33.6 Å².